The first-order valence-corrected chi connectivity index (χ1v) is 9.19. The number of nitrogens with one attached hydrogen (secondary N) is 1. The largest absolute Gasteiger partial charge is 0.449 e. The molecule has 0 aliphatic rings. The number of benzene rings is 2. The van der Waals surface area contributed by atoms with Gasteiger partial charge in [0.1, 0.15) is 11.6 Å². The zero-order valence-electron chi connectivity index (χ0n) is 16.7. The van der Waals surface area contributed by atoms with Crippen LogP contribution in [-0.2, 0) is 15.7 Å². The number of furan rings is 1. The highest BCUT2D eigenvalue weighted by Gasteiger charge is 2.36. The molecular weight excluding hydrogens is 452 g/mol. The summed E-state index contributed by atoms with van der Waals surface area (Å²) < 4.78 is 63.0. The van der Waals surface area contributed by atoms with E-state index in [4.69, 9.17) is 9.15 Å². The zero-order valence-corrected chi connectivity index (χ0v) is 16.7. The topological polar surface area (TPSA) is 112 Å². The van der Waals surface area contributed by atoms with Gasteiger partial charge in [0.25, 0.3) is 11.6 Å². The van der Waals surface area contributed by atoms with E-state index in [1.54, 1.807) is 0 Å². The SMILES string of the molecule is CC(OC(=O)c1ccc(-c2ccc(F)cc2)o1)C(=O)Nc1ccc([N+](=O)[O-])cc1C(F)(F)F. The average Bonchev–Trinajstić information content (AvgIpc) is 3.24. The number of ether oxygens (including phenoxy) is 1. The molecule has 0 fully saturated rings. The third-order valence-electron chi connectivity index (χ3n) is 4.37. The molecule has 1 aromatic heterocycles. The Kier molecular flexibility index (Phi) is 6.47. The Morgan fingerprint density at radius 2 is 1.76 bits per heavy atom. The molecule has 1 amide bonds. The van der Waals surface area contributed by atoms with E-state index in [1.165, 1.54) is 36.4 Å². The summed E-state index contributed by atoms with van der Waals surface area (Å²) >= 11 is 0. The van der Waals surface area contributed by atoms with Crippen LogP contribution in [0.3, 0.4) is 0 Å². The summed E-state index contributed by atoms with van der Waals surface area (Å²) in [5.41, 5.74) is -2.51. The normalized spacial score (nSPS) is 12.2. The fourth-order valence-corrected chi connectivity index (χ4v) is 2.71. The molecule has 3 rings (SSSR count). The maximum atomic E-state index is 13.2. The molecule has 0 aliphatic carbocycles. The molecule has 8 nitrogen and oxygen atoms in total. The first kappa shape index (κ1) is 23.4. The number of rotatable bonds is 6. The molecule has 0 radical (unpaired) electrons. The second kappa shape index (κ2) is 9.10. The minimum absolute atomic E-state index is 0.222. The van der Waals surface area contributed by atoms with E-state index in [1.807, 2.05) is 5.32 Å². The van der Waals surface area contributed by atoms with Crippen molar-refractivity contribution in [1.29, 1.82) is 0 Å². The van der Waals surface area contributed by atoms with Crippen molar-refractivity contribution in [3.63, 3.8) is 0 Å². The van der Waals surface area contributed by atoms with Crippen molar-refractivity contribution < 1.29 is 41.2 Å². The second-order valence-electron chi connectivity index (χ2n) is 6.69. The lowest BCUT2D eigenvalue weighted by molar-refractivity contribution is -0.385. The molecule has 0 bridgehead atoms. The van der Waals surface area contributed by atoms with Gasteiger partial charge in [0.05, 0.1) is 16.2 Å². The Labute approximate surface area is 182 Å². The first-order valence-electron chi connectivity index (χ1n) is 9.19. The van der Waals surface area contributed by atoms with E-state index in [-0.39, 0.29) is 17.6 Å². The molecule has 0 saturated carbocycles. The smallest absolute Gasteiger partial charge is 0.418 e. The number of nitrogens with zero attached hydrogens (tertiary/aromatic N) is 1. The van der Waals surface area contributed by atoms with Crippen molar-refractivity contribution in [2.24, 2.45) is 0 Å². The predicted molar refractivity (Wildman–Crippen MR) is 106 cm³/mol. The lowest BCUT2D eigenvalue weighted by Crippen LogP contribution is -2.30. The van der Waals surface area contributed by atoms with Gasteiger partial charge in [0.2, 0.25) is 5.76 Å². The van der Waals surface area contributed by atoms with E-state index in [0.717, 1.165) is 19.1 Å². The summed E-state index contributed by atoms with van der Waals surface area (Å²) in [6.45, 7) is 1.12. The number of amides is 1. The highest BCUT2D eigenvalue weighted by molar-refractivity contribution is 5.97. The minimum atomic E-state index is -4.99. The number of hydrogen-bond acceptors (Lipinski definition) is 6. The predicted octanol–water partition coefficient (Wildman–Crippen LogP) is 5.20. The van der Waals surface area contributed by atoms with Crippen molar-refractivity contribution in [2.75, 3.05) is 5.32 Å². The van der Waals surface area contributed by atoms with Crippen LogP contribution >= 0.6 is 0 Å². The van der Waals surface area contributed by atoms with Gasteiger partial charge < -0.3 is 14.5 Å². The van der Waals surface area contributed by atoms with Crippen LogP contribution in [-0.4, -0.2) is 22.9 Å². The Hall–Kier alpha value is -4.22. The summed E-state index contributed by atoms with van der Waals surface area (Å²) in [7, 11) is 0. The molecule has 1 unspecified atom stereocenters. The number of esters is 1. The van der Waals surface area contributed by atoms with Gasteiger partial charge in [0, 0.05) is 17.7 Å². The molecule has 1 N–H and O–H groups in total. The van der Waals surface area contributed by atoms with Crippen molar-refractivity contribution in [3.05, 3.63) is 81.9 Å². The number of carbonyl (C=O) groups excluding carboxylic acids is 2. The highest BCUT2D eigenvalue weighted by atomic mass is 19.4. The number of carbonyl (C=O) groups is 2. The maximum absolute atomic E-state index is 13.2. The molecule has 2 aromatic carbocycles. The molecule has 172 valence electrons. The molecular formula is C21H14F4N2O6. The van der Waals surface area contributed by atoms with Gasteiger partial charge in [-0.05, 0) is 49.4 Å². The Balaban J connectivity index is 1.71. The lowest BCUT2D eigenvalue weighted by Gasteiger charge is -2.16. The third kappa shape index (κ3) is 5.53. The molecule has 0 aliphatic heterocycles. The summed E-state index contributed by atoms with van der Waals surface area (Å²) in [5, 5.41) is 12.7. The summed E-state index contributed by atoms with van der Waals surface area (Å²) in [6, 6.07) is 9.70. The van der Waals surface area contributed by atoms with Crippen LogP contribution in [0.5, 0.6) is 0 Å². The van der Waals surface area contributed by atoms with Gasteiger partial charge in [-0.2, -0.15) is 13.2 Å². The number of halogens is 4. The van der Waals surface area contributed by atoms with E-state index < -0.39 is 51.8 Å². The van der Waals surface area contributed by atoms with Gasteiger partial charge in [-0.25, -0.2) is 9.18 Å². The maximum Gasteiger partial charge on any atom is 0.418 e. The molecule has 0 spiro atoms. The van der Waals surface area contributed by atoms with Crippen LogP contribution < -0.4 is 5.32 Å². The van der Waals surface area contributed by atoms with Crippen molar-refractivity contribution in [1.82, 2.24) is 0 Å². The Morgan fingerprint density at radius 1 is 1.09 bits per heavy atom. The van der Waals surface area contributed by atoms with Crippen LogP contribution in [0.25, 0.3) is 11.3 Å². The Bertz CT molecular complexity index is 1200. The van der Waals surface area contributed by atoms with E-state index in [9.17, 15) is 37.3 Å². The Morgan fingerprint density at radius 3 is 2.36 bits per heavy atom. The van der Waals surface area contributed by atoms with Gasteiger partial charge >= 0.3 is 12.1 Å². The van der Waals surface area contributed by atoms with Crippen molar-refractivity contribution in [3.8, 4) is 11.3 Å². The van der Waals surface area contributed by atoms with Crippen molar-refractivity contribution >= 4 is 23.3 Å². The second-order valence-corrected chi connectivity index (χ2v) is 6.69. The summed E-state index contributed by atoms with van der Waals surface area (Å²) in [5.74, 6) is -2.70. The van der Waals surface area contributed by atoms with Crippen LogP contribution in [0.1, 0.15) is 23.0 Å². The highest BCUT2D eigenvalue weighted by Crippen LogP contribution is 2.37. The van der Waals surface area contributed by atoms with E-state index >= 15 is 0 Å². The third-order valence-corrected chi connectivity index (χ3v) is 4.37. The van der Waals surface area contributed by atoms with Gasteiger partial charge in [-0.1, -0.05) is 0 Å². The number of nitro benzene ring substituents is 1. The number of alkyl halides is 3. The molecule has 3 aromatic rings. The standard InChI is InChI=1S/C21H14F4N2O6/c1-11(19(28)26-16-7-6-14(27(30)31)10-15(16)21(23,24)25)32-20(29)18-9-8-17(33-18)12-2-4-13(22)5-3-12/h2-11H,1H3,(H,26,28). The molecule has 33 heavy (non-hydrogen) atoms. The van der Waals surface area contributed by atoms with Crippen LogP contribution in [0, 0.1) is 15.9 Å². The quantitative estimate of drug-likeness (QED) is 0.231. The average molecular weight is 466 g/mol. The lowest BCUT2D eigenvalue weighted by atomic mass is 10.1. The van der Waals surface area contributed by atoms with Gasteiger partial charge in [-0.15, -0.1) is 0 Å². The van der Waals surface area contributed by atoms with Crippen LogP contribution in [0.4, 0.5) is 28.9 Å². The molecule has 12 heteroatoms. The number of anilines is 1. The van der Waals surface area contributed by atoms with Gasteiger partial charge in [0.15, 0.2) is 6.10 Å². The fourth-order valence-electron chi connectivity index (χ4n) is 2.71. The fraction of sp³-hybridized carbons (Fsp3) is 0.143. The van der Waals surface area contributed by atoms with Crippen LogP contribution in [0.15, 0.2) is 59.0 Å². The molecule has 1 atom stereocenters. The number of non-ortho nitro benzene ring substituents is 1. The first-order chi connectivity index (χ1) is 15.5. The number of nitro groups is 1. The monoisotopic (exact) mass is 466 g/mol. The van der Waals surface area contributed by atoms with Gasteiger partial charge in [-0.3, -0.25) is 14.9 Å². The van der Waals surface area contributed by atoms with E-state index in [0.29, 0.717) is 5.56 Å². The summed E-state index contributed by atoms with van der Waals surface area (Å²) in [6.07, 6.45) is -6.52. The minimum Gasteiger partial charge on any atom is -0.449 e. The molecule has 1 heterocycles. The van der Waals surface area contributed by atoms with Crippen molar-refractivity contribution in [2.45, 2.75) is 19.2 Å². The van der Waals surface area contributed by atoms with E-state index in [2.05, 4.69) is 0 Å². The molecule has 0 saturated heterocycles. The number of hydrogen-bond donors (Lipinski definition) is 1. The summed E-state index contributed by atoms with van der Waals surface area (Å²) in [4.78, 5) is 34.3. The van der Waals surface area contributed by atoms with Crippen LogP contribution in [0.2, 0.25) is 0 Å². The zero-order chi connectivity index (χ0) is 24.3.